The lowest BCUT2D eigenvalue weighted by Crippen LogP contribution is -2.32. The largest absolute Gasteiger partial charge is 0.478 e. The van der Waals surface area contributed by atoms with E-state index < -0.39 is 5.97 Å². The van der Waals surface area contributed by atoms with E-state index in [1.54, 1.807) is 32.2 Å². The van der Waals surface area contributed by atoms with Crippen LogP contribution in [0, 0.1) is 6.92 Å². The predicted octanol–water partition coefficient (Wildman–Crippen LogP) is 1.86. The highest BCUT2D eigenvalue weighted by atomic mass is 16.5. The molecule has 0 aliphatic heterocycles. The first kappa shape index (κ1) is 15.9. The molecule has 0 bridgehead atoms. The van der Waals surface area contributed by atoms with Gasteiger partial charge in [-0.05, 0) is 37.1 Å². The highest BCUT2D eigenvalue weighted by Crippen LogP contribution is 2.15. The molecule has 5 heteroatoms. The van der Waals surface area contributed by atoms with Crippen molar-refractivity contribution in [2.45, 2.75) is 20.0 Å². The number of carbonyl (C=O) groups excluding carboxylic acids is 1. The summed E-state index contributed by atoms with van der Waals surface area (Å²) in [5, 5.41) is 11.4. The minimum Gasteiger partial charge on any atom is -0.478 e. The van der Waals surface area contributed by atoms with Crippen molar-refractivity contribution in [3.05, 3.63) is 41.0 Å². The highest BCUT2D eigenvalue weighted by molar-refractivity contribution is 5.97. The maximum Gasteiger partial charge on any atom is 0.328 e. The number of carbonyl (C=O) groups is 2. The summed E-state index contributed by atoms with van der Waals surface area (Å²) in [6, 6.07) is 5.20. The summed E-state index contributed by atoms with van der Waals surface area (Å²) in [6.45, 7) is 4.07. The number of methoxy groups -OCH3 is 1. The van der Waals surface area contributed by atoms with E-state index in [2.05, 4.69) is 5.32 Å². The van der Waals surface area contributed by atoms with E-state index in [4.69, 9.17) is 9.84 Å². The number of nitrogens with one attached hydrogen (secondary N) is 1. The molecule has 1 unspecified atom stereocenters. The van der Waals surface area contributed by atoms with Crippen molar-refractivity contribution in [2.24, 2.45) is 0 Å². The van der Waals surface area contributed by atoms with Crippen molar-refractivity contribution < 1.29 is 19.4 Å². The fourth-order valence-electron chi connectivity index (χ4n) is 1.66. The van der Waals surface area contributed by atoms with Gasteiger partial charge in [0.1, 0.15) is 0 Å². The number of aliphatic carboxylic acids is 1. The Bertz CT molecular complexity index is 523. The van der Waals surface area contributed by atoms with Crippen LogP contribution in [-0.4, -0.2) is 36.7 Å². The second-order valence-corrected chi connectivity index (χ2v) is 4.45. The van der Waals surface area contributed by atoms with Gasteiger partial charge in [-0.2, -0.15) is 0 Å². The molecule has 108 valence electrons. The Kier molecular flexibility index (Phi) is 5.93. The minimum absolute atomic E-state index is 0.0608. The smallest absolute Gasteiger partial charge is 0.328 e. The van der Waals surface area contributed by atoms with E-state index in [-0.39, 0.29) is 12.0 Å². The number of amides is 1. The Morgan fingerprint density at radius 2 is 2.15 bits per heavy atom. The molecule has 20 heavy (non-hydrogen) atoms. The number of benzene rings is 1. The third-order valence-corrected chi connectivity index (χ3v) is 2.98. The average Bonchev–Trinajstić information content (AvgIpc) is 2.43. The van der Waals surface area contributed by atoms with Crippen molar-refractivity contribution in [3.63, 3.8) is 0 Å². The third-order valence-electron chi connectivity index (χ3n) is 2.98. The standard InChI is InChI=1S/C15H19NO4/c1-10(20-3)9-16-15(19)13-6-4-5-12(11(13)2)7-8-14(17)18/h4-8,10H,9H2,1-3H3,(H,16,19)(H,17,18)/b8-7+. The molecular weight excluding hydrogens is 258 g/mol. The van der Waals surface area contributed by atoms with Crippen LogP contribution in [0.3, 0.4) is 0 Å². The zero-order valence-corrected chi connectivity index (χ0v) is 11.8. The van der Waals surface area contributed by atoms with Crippen molar-refractivity contribution >= 4 is 18.0 Å². The van der Waals surface area contributed by atoms with Crippen LogP contribution < -0.4 is 5.32 Å². The molecule has 0 aliphatic carbocycles. The lowest BCUT2D eigenvalue weighted by Gasteiger charge is -2.13. The first-order chi connectivity index (χ1) is 9.45. The molecule has 1 atom stereocenters. The number of hydrogen-bond donors (Lipinski definition) is 2. The van der Waals surface area contributed by atoms with Gasteiger partial charge in [0, 0.05) is 25.3 Å². The molecule has 0 fully saturated rings. The van der Waals surface area contributed by atoms with E-state index in [1.165, 1.54) is 6.08 Å². The van der Waals surface area contributed by atoms with Gasteiger partial charge in [0.05, 0.1) is 6.10 Å². The number of carboxylic acid groups (broad SMARTS) is 1. The van der Waals surface area contributed by atoms with Gasteiger partial charge in [0.15, 0.2) is 0 Å². The Hall–Kier alpha value is -2.14. The van der Waals surface area contributed by atoms with E-state index in [9.17, 15) is 9.59 Å². The number of hydrogen-bond acceptors (Lipinski definition) is 3. The molecular formula is C15H19NO4. The van der Waals surface area contributed by atoms with Gasteiger partial charge in [0.2, 0.25) is 0 Å². The number of carboxylic acids is 1. The molecule has 1 aromatic carbocycles. The summed E-state index contributed by atoms with van der Waals surface area (Å²) in [4.78, 5) is 22.6. The molecule has 0 aromatic heterocycles. The van der Waals surface area contributed by atoms with Crippen LogP contribution in [0.1, 0.15) is 28.4 Å². The van der Waals surface area contributed by atoms with Crippen LogP contribution in [-0.2, 0) is 9.53 Å². The monoisotopic (exact) mass is 277 g/mol. The predicted molar refractivity (Wildman–Crippen MR) is 76.7 cm³/mol. The van der Waals surface area contributed by atoms with Crippen molar-refractivity contribution in [2.75, 3.05) is 13.7 Å². The van der Waals surface area contributed by atoms with Crippen LogP contribution in [0.4, 0.5) is 0 Å². The lowest BCUT2D eigenvalue weighted by molar-refractivity contribution is -0.131. The van der Waals surface area contributed by atoms with Gasteiger partial charge in [-0.1, -0.05) is 12.1 Å². The van der Waals surface area contributed by atoms with Crippen LogP contribution in [0.15, 0.2) is 24.3 Å². The van der Waals surface area contributed by atoms with Gasteiger partial charge in [-0.15, -0.1) is 0 Å². The maximum atomic E-state index is 12.1. The van der Waals surface area contributed by atoms with Gasteiger partial charge < -0.3 is 15.2 Å². The summed E-state index contributed by atoms with van der Waals surface area (Å²) < 4.78 is 5.06. The zero-order chi connectivity index (χ0) is 15.1. The first-order valence-corrected chi connectivity index (χ1v) is 6.27. The summed E-state index contributed by atoms with van der Waals surface area (Å²) in [5.41, 5.74) is 1.98. The molecule has 5 nitrogen and oxygen atoms in total. The quantitative estimate of drug-likeness (QED) is 0.778. The fourth-order valence-corrected chi connectivity index (χ4v) is 1.66. The average molecular weight is 277 g/mol. The van der Waals surface area contributed by atoms with E-state index in [0.717, 1.165) is 11.6 Å². The van der Waals surface area contributed by atoms with Crippen molar-refractivity contribution in [1.82, 2.24) is 5.32 Å². The summed E-state index contributed by atoms with van der Waals surface area (Å²) in [5.74, 6) is -1.22. The molecule has 0 saturated heterocycles. The highest BCUT2D eigenvalue weighted by Gasteiger charge is 2.11. The Labute approximate surface area is 118 Å². The normalized spacial score (nSPS) is 12.3. The maximum absolute atomic E-state index is 12.1. The van der Waals surface area contributed by atoms with Gasteiger partial charge in [0.25, 0.3) is 5.91 Å². The minimum atomic E-state index is -1.02. The molecule has 1 amide bonds. The topological polar surface area (TPSA) is 75.6 Å². The molecule has 1 aromatic rings. The first-order valence-electron chi connectivity index (χ1n) is 6.27. The molecule has 0 saturated carbocycles. The Morgan fingerprint density at radius 3 is 2.75 bits per heavy atom. The Morgan fingerprint density at radius 1 is 1.45 bits per heavy atom. The summed E-state index contributed by atoms with van der Waals surface area (Å²) in [7, 11) is 1.58. The lowest BCUT2D eigenvalue weighted by atomic mass is 10.0. The Balaban J connectivity index is 2.88. The molecule has 2 N–H and O–H groups in total. The van der Waals surface area contributed by atoms with Gasteiger partial charge in [-0.25, -0.2) is 4.79 Å². The van der Waals surface area contributed by atoms with E-state index in [1.807, 2.05) is 6.92 Å². The van der Waals surface area contributed by atoms with Crippen LogP contribution in [0.5, 0.6) is 0 Å². The van der Waals surface area contributed by atoms with E-state index >= 15 is 0 Å². The van der Waals surface area contributed by atoms with Crippen LogP contribution in [0.25, 0.3) is 6.08 Å². The van der Waals surface area contributed by atoms with Crippen molar-refractivity contribution in [3.8, 4) is 0 Å². The SMILES string of the molecule is COC(C)CNC(=O)c1cccc(/C=C/C(=O)O)c1C. The molecule has 0 radical (unpaired) electrons. The number of rotatable bonds is 6. The molecule has 1 rings (SSSR count). The third kappa shape index (κ3) is 4.51. The van der Waals surface area contributed by atoms with Gasteiger partial charge in [-0.3, -0.25) is 4.79 Å². The molecule has 0 aliphatic rings. The second-order valence-electron chi connectivity index (χ2n) is 4.45. The van der Waals surface area contributed by atoms with Crippen molar-refractivity contribution in [1.29, 1.82) is 0 Å². The second kappa shape index (κ2) is 7.45. The summed E-state index contributed by atoms with van der Waals surface area (Å²) in [6.07, 6.45) is 2.47. The fraction of sp³-hybridized carbons (Fsp3) is 0.333. The zero-order valence-electron chi connectivity index (χ0n) is 11.8. The molecule has 0 spiro atoms. The van der Waals surface area contributed by atoms with Crippen LogP contribution in [0.2, 0.25) is 0 Å². The number of ether oxygens (including phenoxy) is 1. The van der Waals surface area contributed by atoms with Gasteiger partial charge >= 0.3 is 5.97 Å². The van der Waals surface area contributed by atoms with E-state index in [0.29, 0.717) is 17.7 Å². The van der Waals surface area contributed by atoms with Crippen LogP contribution >= 0.6 is 0 Å². The molecule has 0 heterocycles. The summed E-state index contributed by atoms with van der Waals surface area (Å²) >= 11 is 0.